The van der Waals surface area contributed by atoms with E-state index in [9.17, 15) is 4.79 Å². The first-order chi connectivity index (χ1) is 11.0. The van der Waals surface area contributed by atoms with E-state index in [0.717, 1.165) is 16.8 Å². The summed E-state index contributed by atoms with van der Waals surface area (Å²) >= 11 is 5.37. The van der Waals surface area contributed by atoms with Crippen LogP contribution in [0, 0.1) is 6.92 Å². The fraction of sp³-hybridized carbons (Fsp3) is 0.222. The van der Waals surface area contributed by atoms with Crippen molar-refractivity contribution < 1.29 is 9.53 Å². The second-order valence-electron chi connectivity index (χ2n) is 5.20. The first-order valence-electron chi connectivity index (χ1n) is 7.33. The topological polar surface area (TPSA) is 50.4 Å². The van der Waals surface area contributed by atoms with Gasteiger partial charge in [0.2, 0.25) is 0 Å². The predicted molar refractivity (Wildman–Crippen MR) is 96.7 cm³/mol. The number of esters is 1. The number of hydrogen-bond acceptors (Lipinski definition) is 3. The van der Waals surface area contributed by atoms with E-state index in [-0.39, 0.29) is 12.0 Å². The van der Waals surface area contributed by atoms with Crippen LogP contribution in [0.5, 0.6) is 0 Å². The molecular weight excluding hydrogens is 308 g/mol. The van der Waals surface area contributed by atoms with Crippen molar-refractivity contribution in [2.45, 2.75) is 19.9 Å². The standard InChI is InChI=1S/C18H20N2O2S/c1-12-15(17(21)22-3)10-7-11-16(12)20-18(23)19-13(2)14-8-5-4-6-9-14/h4-11,13H,1-3H3,(H2,19,20,23). The zero-order chi connectivity index (χ0) is 16.8. The van der Waals surface area contributed by atoms with Gasteiger partial charge in [-0.1, -0.05) is 36.4 Å². The van der Waals surface area contributed by atoms with Crippen LogP contribution in [0.25, 0.3) is 0 Å². The molecule has 0 saturated carbocycles. The number of carbonyl (C=O) groups excluding carboxylic acids is 1. The molecule has 0 aliphatic heterocycles. The number of hydrogen-bond donors (Lipinski definition) is 2. The Morgan fingerprint density at radius 2 is 1.83 bits per heavy atom. The maximum atomic E-state index is 11.7. The smallest absolute Gasteiger partial charge is 0.338 e. The summed E-state index contributed by atoms with van der Waals surface area (Å²) < 4.78 is 4.78. The molecule has 120 valence electrons. The molecule has 1 unspecified atom stereocenters. The molecule has 0 heterocycles. The van der Waals surface area contributed by atoms with E-state index in [1.54, 1.807) is 12.1 Å². The minimum Gasteiger partial charge on any atom is -0.465 e. The number of ether oxygens (including phenoxy) is 1. The lowest BCUT2D eigenvalue weighted by molar-refractivity contribution is 0.0600. The first-order valence-corrected chi connectivity index (χ1v) is 7.74. The van der Waals surface area contributed by atoms with E-state index in [1.165, 1.54) is 7.11 Å². The van der Waals surface area contributed by atoms with Gasteiger partial charge in [-0.15, -0.1) is 0 Å². The number of rotatable bonds is 4. The number of nitrogens with one attached hydrogen (secondary N) is 2. The lowest BCUT2D eigenvalue weighted by Gasteiger charge is -2.18. The number of thiocarbonyl (C=S) groups is 1. The van der Waals surface area contributed by atoms with Crippen molar-refractivity contribution in [2.75, 3.05) is 12.4 Å². The van der Waals surface area contributed by atoms with Crippen molar-refractivity contribution in [3.05, 3.63) is 65.2 Å². The Morgan fingerprint density at radius 3 is 2.48 bits per heavy atom. The van der Waals surface area contributed by atoms with Crippen LogP contribution in [0.2, 0.25) is 0 Å². The summed E-state index contributed by atoms with van der Waals surface area (Å²) in [6.45, 7) is 3.90. The highest BCUT2D eigenvalue weighted by Crippen LogP contribution is 2.20. The molecule has 23 heavy (non-hydrogen) atoms. The Balaban J connectivity index is 2.07. The fourth-order valence-corrected chi connectivity index (χ4v) is 2.57. The van der Waals surface area contributed by atoms with Gasteiger partial charge in [-0.05, 0) is 49.3 Å². The monoisotopic (exact) mass is 328 g/mol. The third-order valence-corrected chi connectivity index (χ3v) is 3.85. The summed E-state index contributed by atoms with van der Waals surface area (Å²) in [6, 6.07) is 15.5. The highest BCUT2D eigenvalue weighted by atomic mass is 32.1. The molecule has 0 aromatic heterocycles. The normalized spacial score (nSPS) is 11.4. The second kappa shape index (κ2) is 7.74. The molecule has 1 atom stereocenters. The highest BCUT2D eigenvalue weighted by molar-refractivity contribution is 7.80. The summed E-state index contributed by atoms with van der Waals surface area (Å²) in [5.74, 6) is -0.359. The fourth-order valence-electron chi connectivity index (χ4n) is 2.28. The van der Waals surface area contributed by atoms with E-state index in [4.69, 9.17) is 17.0 Å². The van der Waals surface area contributed by atoms with Gasteiger partial charge in [0.15, 0.2) is 5.11 Å². The molecule has 0 aliphatic carbocycles. The van der Waals surface area contributed by atoms with Gasteiger partial charge in [-0.2, -0.15) is 0 Å². The molecule has 2 aromatic carbocycles. The van der Waals surface area contributed by atoms with E-state index in [1.807, 2.05) is 50.2 Å². The molecular formula is C18H20N2O2S. The summed E-state index contributed by atoms with van der Waals surface area (Å²) in [7, 11) is 1.37. The Morgan fingerprint density at radius 1 is 1.13 bits per heavy atom. The van der Waals surface area contributed by atoms with Gasteiger partial charge < -0.3 is 15.4 Å². The second-order valence-corrected chi connectivity index (χ2v) is 5.61. The van der Waals surface area contributed by atoms with Crippen LogP contribution in [0.15, 0.2) is 48.5 Å². The molecule has 2 N–H and O–H groups in total. The maximum absolute atomic E-state index is 11.7. The Labute approximate surface area is 141 Å². The van der Waals surface area contributed by atoms with Crippen molar-refractivity contribution in [1.82, 2.24) is 5.32 Å². The minimum absolute atomic E-state index is 0.0836. The SMILES string of the molecule is COC(=O)c1cccc(NC(=S)NC(C)c2ccccc2)c1C. The number of benzene rings is 2. The van der Waals surface area contributed by atoms with Crippen LogP contribution < -0.4 is 10.6 Å². The molecule has 4 nitrogen and oxygen atoms in total. The van der Waals surface area contributed by atoms with Crippen molar-refractivity contribution in [3.8, 4) is 0 Å². The van der Waals surface area contributed by atoms with Gasteiger partial charge in [0, 0.05) is 5.69 Å². The number of methoxy groups -OCH3 is 1. The molecule has 0 fully saturated rings. The zero-order valence-corrected chi connectivity index (χ0v) is 14.2. The molecule has 2 rings (SSSR count). The quantitative estimate of drug-likeness (QED) is 0.660. The van der Waals surface area contributed by atoms with Gasteiger partial charge in [-0.25, -0.2) is 4.79 Å². The predicted octanol–water partition coefficient (Wildman–Crippen LogP) is 3.83. The van der Waals surface area contributed by atoms with Crippen LogP contribution in [-0.2, 0) is 4.74 Å². The number of carbonyl (C=O) groups is 1. The average Bonchev–Trinajstić information content (AvgIpc) is 2.56. The molecule has 0 aliphatic rings. The lowest BCUT2D eigenvalue weighted by atomic mass is 10.1. The molecule has 5 heteroatoms. The van der Waals surface area contributed by atoms with Gasteiger partial charge >= 0.3 is 5.97 Å². The van der Waals surface area contributed by atoms with Crippen LogP contribution in [0.1, 0.15) is 34.5 Å². The van der Waals surface area contributed by atoms with Gasteiger partial charge in [0.25, 0.3) is 0 Å². The summed E-state index contributed by atoms with van der Waals surface area (Å²) in [5, 5.41) is 6.89. The van der Waals surface area contributed by atoms with Crippen LogP contribution in [0.4, 0.5) is 5.69 Å². The molecule has 0 amide bonds. The maximum Gasteiger partial charge on any atom is 0.338 e. The van der Waals surface area contributed by atoms with Crippen molar-refractivity contribution in [1.29, 1.82) is 0 Å². The Hall–Kier alpha value is -2.40. The van der Waals surface area contributed by atoms with Crippen molar-refractivity contribution in [3.63, 3.8) is 0 Å². The highest BCUT2D eigenvalue weighted by Gasteiger charge is 2.13. The molecule has 2 aromatic rings. The average molecular weight is 328 g/mol. The third-order valence-electron chi connectivity index (χ3n) is 3.63. The van der Waals surface area contributed by atoms with Gasteiger partial charge in [0.1, 0.15) is 0 Å². The van der Waals surface area contributed by atoms with E-state index >= 15 is 0 Å². The van der Waals surface area contributed by atoms with E-state index < -0.39 is 0 Å². The Kier molecular flexibility index (Phi) is 5.71. The largest absolute Gasteiger partial charge is 0.465 e. The van der Waals surface area contributed by atoms with Crippen molar-refractivity contribution >= 4 is 29.0 Å². The molecule has 0 bridgehead atoms. The summed E-state index contributed by atoms with van der Waals surface area (Å²) in [6.07, 6.45) is 0. The third kappa shape index (κ3) is 4.29. The van der Waals surface area contributed by atoms with E-state index in [0.29, 0.717) is 10.7 Å². The first kappa shape index (κ1) is 17.0. The summed E-state index contributed by atoms with van der Waals surface area (Å²) in [4.78, 5) is 11.7. The molecule has 0 spiro atoms. The Bertz CT molecular complexity index is 701. The van der Waals surface area contributed by atoms with Gasteiger partial charge in [0.05, 0.1) is 18.7 Å². The minimum atomic E-state index is -0.359. The van der Waals surface area contributed by atoms with Crippen LogP contribution in [0.3, 0.4) is 0 Å². The van der Waals surface area contributed by atoms with Crippen LogP contribution >= 0.6 is 12.2 Å². The van der Waals surface area contributed by atoms with E-state index in [2.05, 4.69) is 10.6 Å². The van der Waals surface area contributed by atoms with Gasteiger partial charge in [-0.3, -0.25) is 0 Å². The number of anilines is 1. The molecule has 0 radical (unpaired) electrons. The zero-order valence-electron chi connectivity index (χ0n) is 13.4. The van der Waals surface area contributed by atoms with Crippen molar-refractivity contribution in [2.24, 2.45) is 0 Å². The van der Waals surface area contributed by atoms with Crippen LogP contribution in [-0.4, -0.2) is 18.2 Å². The lowest BCUT2D eigenvalue weighted by Crippen LogP contribution is -2.31. The summed E-state index contributed by atoms with van der Waals surface area (Å²) in [5.41, 5.74) is 3.26. The molecule has 0 saturated heterocycles.